The van der Waals surface area contributed by atoms with E-state index in [4.69, 9.17) is 5.11 Å². The number of amides is 2. The fourth-order valence-corrected chi connectivity index (χ4v) is 2.68. The molecule has 0 aromatic carbocycles. The smallest absolute Gasteiger partial charge is 0.315 e. The fourth-order valence-electron chi connectivity index (χ4n) is 2.68. The molecule has 0 radical (unpaired) electrons. The highest BCUT2D eigenvalue weighted by Gasteiger charge is 2.23. The molecule has 5 heteroatoms. The van der Waals surface area contributed by atoms with Crippen LogP contribution in [-0.2, 0) is 4.79 Å². The highest BCUT2D eigenvalue weighted by atomic mass is 16.4. The molecule has 3 N–H and O–H groups in total. The zero-order chi connectivity index (χ0) is 15.1. The molecule has 1 aliphatic carbocycles. The van der Waals surface area contributed by atoms with Crippen LogP contribution in [0, 0.1) is 17.8 Å². The van der Waals surface area contributed by atoms with Crippen molar-refractivity contribution >= 4 is 12.0 Å². The average Bonchev–Trinajstić information content (AvgIpc) is 2.53. The molecule has 1 fully saturated rings. The molecule has 0 bridgehead atoms. The summed E-state index contributed by atoms with van der Waals surface area (Å²) >= 11 is 0. The van der Waals surface area contributed by atoms with Crippen molar-refractivity contribution in [2.75, 3.05) is 6.54 Å². The molecule has 1 rings (SSSR count). The zero-order valence-electron chi connectivity index (χ0n) is 12.8. The highest BCUT2D eigenvalue weighted by Crippen LogP contribution is 2.22. The normalized spacial score (nSPS) is 24.8. The Balaban J connectivity index is 2.34. The molecular weight excluding hydrogens is 256 g/mol. The minimum absolute atomic E-state index is 0.00605. The number of urea groups is 1. The van der Waals surface area contributed by atoms with Gasteiger partial charge in [-0.05, 0) is 31.1 Å². The van der Waals surface area contributed by atoms with Crippen LogP contribution in [0.15, 0.2) is 0 Å². The van der Waals surface area contributed by atoms with Gasteiger partial charge in [0.05, 0.1) is 5.92 Å². The summed E-state index contributed by atoms with van der Waals surface area (Å²) in [7, 11) is 0. The molecule has 1 saturated carbocycles. The number of rotatable bonds is 5. The lowest BCUT2D eigenvalue weighted by Gasteiger charge is -2.20. The predicted octanol–water partition coefficient (Wildman–Crippen LogP) is 2.61. The first-order valence-electron chi connectivity index (χ1n) is 7.67. The summed E-state index contributed by atoms with van der Waals surface area (Å²) in [5.74, 6) is -0.646. The molecule has 0 aromatic rings. The van der Waals surface area contributed by atoms with Gasteiger partial charge in [0, 0.05) is 12.6 Å². The number of carbonyl (C=O) groups is 2. The van der Waals surface area contributed by atoms with Crippen LogP contribution in [0.25, 0.3) is 0 Å². The van der Waals surface area contributed by atoms with E-state index in [0.29, 0.717) is 0 Å². The van der Waals surface area contributed by atoms with E-state index in [0.717, 1.165) is 31.6 Å². The molecule has 3 unspecified atom stereocenters. The van der Waals surface area contributed by atoms with Gasteiger partial charge in [0.2, 0.25) is 0 Å². The van der Waals surface area contributed by atoms with Crippen molar-refractivity contribution in [1.82, 2.24) is 10.6 Å². The summed E-state index contributed by atoms with van der Waals surface area (Å²) in [5.41, 5.74) is 0. The van der Waals surface area contributed by atoms with Gasteiger partial charge in [-0.1, -0.05) is 33.6 Å². The van der Waals surface area contributed by atoms with Crippen molar-refractivity contribution in [2.24, 2.45) is 17.8 Å². The molecule has 1 aliphatic rings. The van der Waals surface area contributed by atoms with Gasteiger partial charge in [-0.2, -0.15) is 0 Å². The number of nitrogens with one attached hydrogen (secondary N) is 2. The molecule has 20 heavy (non-hydrogen) atoms. The van der Waals surface area contributed by atoms with Crippen LogP contribution in [0.2, 0.25) is 0 Å². The number of hydrogen-bond acceptors (Lipinski definition) is 2. The molecule has 0 aromatic heterocycles. The van der Waals surface area contributed by atoms with E-state index in [1.807, 2.05) is 13.8 Å². The van der Waals surface area contributed by atoms with Crippen LogP contribution >= 0.6 is 0 Å². The Hall–Kier alpha value is -1.26. The van der Waals surface area contributed by atoms with E-state index < -0.39 is 11.9 Å². The lowest BCUT2D eigenvalue weighted by Crippen LogP contribution is -2.45. The van der Waals surface area contributed by atoms with Gasteiger partial charge in [-0.15, -0.1) is 0 Å². The molecule has 3 atom stereocenters. The number of carbonyl (C=O) groups excluding carboxylic acids is 1. The minimum Gasteiger partial charge on any atom is -0.481 e. The average molecular weight is 284 g/mol. The standard InChI is InChI=1S/C15H28N2O3/c1-10(2)13(14(18)19)9-16-15(20)17-12-6-4-5-11(3)7-8-12/h10-13H,4-9H2,1-3H3,(H,18,19)(H2,16,17,20). The Morgan fingerprint density at radius 2 is 1.90 bits per heavy atom. The van der Waals surface area contributed by atoms with Crippen LogP contribution < -0.4 is 10.6 Å². The second kappa shape index (κ2) is 8.12. The molecule has 0 heterocycles. The van der Waals surface area contributed by atoms with Crippen LogP contribution in [0.1, 0.15) is 52.9 Å². The summed E-state index contributed by atoms with van der Waals surface area (Å²) in [4.78, 5) is 22.9. The predicted molar refractivity (Wildman–Crippen MR) is 78.5 cm³/mol. The number of aliphatic carboxylic acids is 1. The minimum atomic E-state index is -0.858. The first-order valence-corrected chi connectivity index (χ1v) is 7.67. The van der Waals surface area contributed by atoms with Crippen molar-refractivity contribution in [1.29, 1.82) is 0 Å². The summed E-state index contributed by atoms with van der Waals surface area (Å²) in [6, 6.07) is -0.0151. The Labute approximate surface area is 121 Å². The molecule has 0 spiro atoms. The fraction of sp³-hybridized carbons (Fsp3) is 0.867. The molecule has 116 valence electrons. The zero-order valence-corrected chi connectivity index (χ0v) is 12.8. The number of carboxylic acids is 1. The SMILES string of the molecule is CC1CCCC(NC(=O)NCC(C(=O)O)C(C)C)CC1. The van der Waals surface area contributed by atoms with Crippen molar-refractivity contribution in [3.63, 3.8) is 0 Å². The van der Waals surface area contributed by atoms with Crippen molar-refractivity contribution in [3.8, 4) is 0 Å². The molecule has 0 aliphatic heterocycles. The van der Waals surface area contributed by atoms with Gasteiger partial charge in [0.1, 0.15) is 0 Å². The maximum Gasteiger partial charge on any atom is 0.315 e. The van der Waals surface area contributed by atoms with Gasteiger partial charge >= 0.3 is 12.0 Å². The first kappa shape index (κ1) is 16.8. The van der Waals surface area contributed by atoms with E-state index in [1.54, 1.807) is 0 Å². The van der Waals surface area contributed by atoms with Crippen molar-refractivity contribution in [2.45, 2.75) is 58.9 Å². The van der Waals surface area contributed by atoms with Crippen LogP contribution in [-0.4, -0.2) is 29.7 Å². The van der Waals surface area contributed by atoms with Crippen molar-refractivity contribution < 1.29 is 14.7 Å². The number of hydrogen-bond donors (Lipinski definition) is 3. The lowest BCUT2D eigenvalue weighted by atomic mass is 9.96. The summed E-state index contributed by atoms with van der Waals surface area (Å²) in [6.07, 6.45) is 5.56. The molecular formula is C15H28N2O3. The van der Waals surface area contributed by atoms with Crippen LogP contribution in [0.5, 0.6) is 0 Å². The summed E-state index contributed by atoms with van der Waals surface area (Å²) in [6.45, 7) is 6.14. The van der Waals surface area contributed by atoms with Gasteiger partial charge in [0.15, 0.2) is 0 Å². The summed E-state index contributed by atoms with van der Waals surface area (Å²) in [5, 5.41) is 14.7. The van der Waals surface area contributed by atoms with E-state index in [9.17, 15) is 9.59 Å². The molecule has 2 amide bonds. The van der Waals surface area contributed by atoms with E-state index in [1.165, 1.54) is 6.42 Å². The highest BCUT2D eigenvalue weighted by molar-refractivity contribution is 5.76. The maximum absolute atomic E-state index is 11.8. The van der Waals surface area contributed by atoms with E-state index >= 15 is 0 Å². The van der Waals surface area contributed by atoms with E-state index in [2.05, 4.69) is 17.6 Å². The third-order valence-corrected chi connectivity index (χ3v) is 4.20. The van der Waals surface area contributed by atoms with Crippen LogP contribution in [0.4, 0.5) is 4.79 Å². The second-order valence-electron chi connectivity index (χ2n) is 6.35. The van der Waals surface area contributed by atoms with Gasteiger partial charge in [-0.25, -0.2) is 4.79 Å². The van der Waals surface area contributed by atoms with Gasteiger partial charge in [0.25, 0.3) is 0 Å². The van der Waals surface area contributed by atoms with Gasteiger partial charge in [-0.3, -0.25) is 4.79 Å². The van der Waals surface area contributed by atoms with Crippen molar-refractivity contribution in [3.05, 3.63) is 0 Å². The van der Waals surface area contributed by atoms with Gasteiger partial charge < -0.3 is 15.7 Å². The first-order chi connectivity index (χ1) is 9.40. The second-order valence-corrected chi connectivity index (χ2v) is 6.35. The maximum atomic E-state index is 11.8. The Bertz CT molecular complexity index is 331. The Morgan fingerprint density at radius 1 is 1.20 bits per heavy atom. The van der Waals surface area contributed by atoms with E-state index in [-0.39, 0.29) is 24.5 Å². The Kier molecular flexibility index (Phi) is 6.82. The van der Waals surface area contributed by atoms with Crippen LogP contribution in [0.3, 0.4) is 0 Å². The molecule has 5 nitrogen and oxygen atoms in total. The quantitative estimate of drug-likeness (QED) is 0.679. The summed E-state index contributed by atoms with van der Waals surface area (Å²) < 4.78 is 0. The topological polar surface area (TPSA) is 78.4 Å². The lowest BCUT2D eigenvalue weighted by molar-refractivity contribution is -0.142. The third-order valence-electron chi connectivity index (χ3n) is 4.20. The third kappa shape index (κ3) is 5.80. The molecule has 0 saturated heterocycles. The largest absolute Gasteiger partial charge is 0.481 e. The number of carboxylic acid groups (broad SMARTS) is 1. The monoisotopic (exact) mass is 284 g/mol. The Morgan fingerprint density at radius 3 is 2.50 bits per heavy atom.